The molecule has 0 aromatic heterocycles. The summed E-state index contributed by atoms with van der Waals surface area (Å²) >= 11 is 5.33. The third-order valence-electron chi connectivity index (χ3n) is 2.22. The second-order valence-electron chi connectivity index (χ2n) is 3.15. The maximum absolute atomic E-state index is 12.2. The van der Waals surface area contributed by atoms with Crippen molar-refractivity contribution in [3.8, 4) is 0 Å². The van der Waals surface area contributed by atoms with Crippen molar-refractivity contribution in [1.29, 1.82) is 0 Å². The summed E-state index contributed by atoms with van der Waals surface area (Å²) in [5.74, 6) is -2.00. The molecule has 1 aliphatic rings. The number of alkyl halides is 3. The van der Waals surface area contributed by atoms with Gasteiger partial charge in [0.1, 0.15) is 6.04 Å². The molecule has 0 aromatic carbocycles. The molecule has 1 fully saturated rings. The van der Waals surface area contributed by atoms with Gasteiger partial charge in [0, 0.05) is 19.6 Å². The molecular formula is C8H11ClF2N2O2. The lowest BCUT2D eigenvalue weighted by Crippen LogP contribution is -2.58. The van der Waals surface area contributed by atoms with E-state index in [1.807, 2.05) is 0 Å². The summed E-state index contributed by atoms with van der Waals surface area (Å²) < 4.78 is 24.4. The lowest BCUT2D eigenvalue weighted by atomic mass is 10.1. The molecule has 1 saturated heterocycles. The van der Waals surface area contributed by atoms with Crippen molar-refractivity contribution in [1.82, 2.24) is 10.2 Å². The van der Waals surface area contributed by atoms with Gasteiger partial charge in [0.2, 0.25) is 0 Å². The lowest BCUT2D eigenvalue weighted by Gasteiger charge is -2.34. The summed E-state index contributed by atoms with van der Waals surface area (Å²) in [6.45, 7) is 0.699. The van der Waals surface area contributed by atoms with Crippen LogP contribution in [0.2, 0.25) is 0 Å². The molecule has 7 heteroatoms. The molecule has 1 heterocycles. The number of halogens is 3. The average molecular weight is 241 g/mol. The Morgan fingerprint density at radius 3 is 2.73 bits per heavy atom. The molecule has 0 aromatic rings. The van der Waals surface area contributed by atoms with Gasteiger partial charge in [-0.05, 0) is 0 Å². The third-order valence-corrected chi connectivity index (χ3v) is 2.48. The molecule has 1 aliphatic heterocycles. The SMILES string of the molecule is O=C(CCl)C1CNCCN1C(=O)C(F)F. The van der Waals surface area contributed by atoms with Gasteiger partial charge >= 0.3 is 6.43 Å². The summed E-state index contributed by atoms with van der Waals surface area (Å²) in [4.78, 5) is 23.3. The number of piperazine rings is 1. The van der Waals surface area contributed by atoms with Crippen LogP contribution in [0.1, 0.15) is 0 Å². The van der Waals surface area contributed by atoms with E-state index in [9.17, 15) is 18.4 Å². The zero-order chi connectivity index (χ0) is 11.4. The first-order valence-electron chi connectivity index (χ1n) is 4.46. The Bertz CT molecular complexity index is 263. The second kappa shape index (κ2) is 5.37. The quantitative estimate of drug-likeness (QED) is 0.699. The predicted octanol–water partition coefficient (Wildman–Crippen LogP) is -0.140. The maximum atomic E-state index is 12.2. The van der Waals surface area contributed by atoms with Crippen LogP contribution in [0, 0.1) is 0 Å². The van der Waals surface area contributed by atoms with Crippen molar-refractivity contribution in [2.24, 2.45) is 0 Å². The predicted molar refractivity (Wildman–Crippen MR) is 50.1 cm³/mol. The van der Waals surface area contributed by atoms with Crippen LogP contribution in [0.25, 0.3) is 0 Å². The molecule has 0 bridgehead atoms. The number of ketones is 1. The molecule has 0 radical (unpaired) electrons. The van der Waals surface area contributed by atoms with Crippen molar-refractivity contribution < 1.29 is 18.4 Å². The molecule has 86 valence electrons. The highest BCUT2D eigenvalue weighted by Crippen LogP contribution is 2.10. The first-order valence-corrected chi connectivity index (χ1v) is 4.99. The van der Waals surface area contributed by atoms with Crippen LogP contribution >= 0.6 is 11.6 Å². The molecule has 1 amide bonds. The Morgan fingerprint density at radius 1 is 1.53 bits per heavy atom. The van der Waals surface area contributed by atoms with Crippen molar-refractivity contribution in [2.75, 3.05) is 25.5 Å². The minimum atomic E-state index is -3.08. The first-order chi connectivity index (χ1) is 7.07. The number of rotatable bonds is 3. The van der Waals surface area contributed by atoms with Gasteiger partial charge in [0.25, 0.3) is 5.91 Å². The van der Waals surface area contributed by atoms with Gasteiger partial charge in [0.15, 0.2) is 5.78 Å². The van der Waals surface area contributed by atoms with Crippen molar-refractivity contribution in [3.05, 3.63) is 0 Å². The lowest BCUT2D eigenvalue weighted by molar-refractivity contribution is -0.149. The zero-order valence-electron chi connectivity index (χ0n) is 7.88. The fourth-order valence-corrected chi connectivity index (χ4v) is 1.65. The minimum absolute atomic E-state index is 0.108. The molecule has 15 heavy (non-hydrogen) atoms. The van der Waals surface area contributed by atoms with E-state index in [0.29, 0.717) is 6.54 Å². The van der Waals surface area contributed by atoms with Crippen LogP contribution in [0.3, 0.4) is 0 Å². The van der Waals surface area contributed by atoms with E-state index in [-0.39, 0.29) is 19.0 Å². The number of amides is 1. The summed E-state index contributed by atoms with van der Waals surface area (Å²) in [6, 6.07) is -0.863. The van der Waals surface area contributed by atoms with E-state index in [1.54, 1.807) is 0 Å². The molecule has 0 aliphatic carbocycles. The van der Waals surface area contributed by atoms with Gasteiger partial charge < -0.3 is 10.2 Å². The van der Waals surface area contributed by atoms with Gasteiger partial charge in [0.05, 0.1) is 5.88 Å². The first kappa shape index (κ1) is 12.3. The van der Waals surface area contributed by atoms with Gasteiger partial charge in [-0.1, -0.05) is 0 Å². The Kier molecular flexibility index (Phi) is 4.41. The van der Waals surface area contributed by atoms with Crippen LogP contribution < -0.4 is 5.32 Å². The second-order valence-corrected chi connectivity index (χ2v) is 3.42. The zero-order valence-corrected chi connectivity index (χ0v) is 8.64. The summed E-state index contributed by atoms with van der Waals surface area (Å²) in [5.41, 5.74) is 0. The Morgan fingerprint density at radius 2 is 2.20 bits per heavy atom. The van der Waals surface area contributed by atoms with Crippen molar-refractivity contribution >= 4 is 23.3 Å². The molecule has 1 atom stereocenters. The smallest absolute Gasteiger partial charge is 0.315 e. The van der Waals surface area contributed by atoms with Gasteiger partial charge in [-0.3, -0.25) is 9.59 Å². The number of Topliss-reactive ketones (excluding diaryl/α,β-unsaturated/α-hetero) is 1. The van der Waals surface area contributed by atoms with E-state index in [2.05, 4.69) is 5.32 Å². The standard InChI is InChI=1S/C8H11ClF2N2O2/c9-3-6(14)5-4-12-1-2-13(5)8(15)7(10)11/h5,7,12H,1-4H2. The highest BCUT2D eigenvalue weighted by Gasteiger charge is 2.34. The van der Waals surface area contributed by atoms with Gasteiger partial charge in [-0.15, -0.1) is 11.6 Å². The van der Waals surface area contributed by atoms with Crippen LogP contribution in [-0.2, 0) is 9.59 Å². The Labute approximate surface area is 90.6 Å². The monoisotopic (exact) mass is 240 g/mol. The van der Waals surface area contributed by atoms with Crippen LogP contribution in [0.5, 0.6) is 0 Å². The van der Waals surface area contributed by atoms with Crippen LogP contribution in [0.15, 0.2) is 0 Å². The summed E-state index contributed by atoms with van der Waals surface area (Å²) in [6.07, 6.45) is -3.08. The number of nitrogens with zero attached hydrogens (tertiary/aromatic N) is 1. The van der Waals surface area contributed by atoms with E-state index in [0.717, 1.165) is 4.90 Å². The number of nitrogens with one attached hydrogen (secondary N) is 1. The fourth-order valence-electron chi connectivity index (χ4n) is 1.47. The molecular weight excluding hydrogens is 230 g/mol. The normalized spacial score (nSPS) is 21.9. The highest BCUT2D eigenvalue weighted by atomic mass is 35.5. The molecule has 1 rings (SSSR count). The minimum Gasteiger partial charge on any atom is -0.325 e. The fraction of sp³-hybridized carbons (Fsp3) is 0.750. The molecule has 0 saturated carbocycles. The topological polar surface area (TPSA) is 49.4 Å². The number of carbonyl (C=O) groups is 2. The highest BCUT2D eigenvalue weighted by molar-refractivity contribution is 6.28. The van der Waals surface area contributed by atoms with Crippen LogP contribution in [0.4, 0.5) is 8.78 Å². The molecule has 1 unspecified atom stereocenters. The molecule has 1 N–H and O–H groups in total. The number of hydrogen-bond acceptors (Lipinski definition) is 3. The Hall–Kier alpha value is -0.750. The number of hydrogen-bond donors (Lipinski definition) is 1. The van der Waals surface area contributed by atoms with Crippen molar-refractivity contribution in [2.45, 2.75) is 12.5 Å². The van der Waals surface area contributed by atoms with Crippen LogP contribution in [-0.4, -0.2) is 54.6 Å². The maximum Gasteiger partial charge on any atom is 0.315 e. The van der Waals surface area contributed by atoms with E-state index < -0.39 is 24.2 Å². The van der Waals surface area contributed by atoms with Gasteiger partial charge in [-0.2, -0.15) is 8.78 Å². The molecule has 4 nitrogen and oxygen atoms in total. The van der Waals surface area contributed by atoms with Gasteiger partial charge in [-0.25, -0.2) is 0 Å². The largest absolute Gasteiger partial charge is 0.325 e. The molecule has 0 spiro atoms. The van der Waals surface area contributed by atoms with E-state index in [1.165, 1.54) is 0 Å². The van der Waals surface area contributed by atoms with Crippen molar-refractivity contribution in [3.63, 3.8) is 0 Å². The Balaban J connectivity index is 2.73. The number of carbonyl (C=O) groups excluding carboxylic acids is 2. The van der Waals surface area contributed by atoms with E-state index in [4.69, 9.17) is 11.6 Å². The summed E-state index contributed by atoms with van der Waals surface area (Å²) in [7, 11) is 0. The van der Waals surface area contributed by atoms with E-state index >= 15 is 0 Å². The average Bonchev–Trinajstić information content (AvgIpc) is 2.27. The summed E-state index contributed by atoms with van der Waals surface area (Å²) in [5, 5.41) is 2.86. The third kappa shape index (κ3) is 2.85.